The van der Waals surface area contributed by atoms with E-state index in [2.05, 4.69) is 31.2 Å². The number of aliphatic carboxylic acids is 3. The van der Waals surface area contributed by atoms with Crippen LogP contribution in [0, 0.1) is 29.1 Å². The standard InChI is InChI=1S/C67H94F3N13O14/c1-46-11-13-47(14-12-46)9-8-10-55(84)73-19-17-48(68)35-54(75-56(85)40-78-22-24-79(41-58(87)88)26-28-81(43-60(91)92)29-27-80(25-23-78)42-59(89)90)62(94)76-63(95)65(2,3)44-66(4,5)64(96)82-32-30-77(31-33-82)21-6-7-34-97-50-15-16-53-52(36-50)51(18-20-72-53)61(93)74-39-57(86)83-45-67(69,70)37-49(83)38-71/h11-16,18,20,36,48-49,54H,6-10,17,19,21-35,37,39-45H2,1-5H3,(H,73,84)(H,74,93)(H,75,85)(H,87,88)(H,89,90)(H,91,92)(H,76,94,95)/t48?,49-,54+/m1/s1. The largest absolute Gasteiger partial charge is 0.494 e. The van der Waals surface area contributed by atoms with Gasteiger partial charge in [-0.1, -0.05) is 57.5 Å². The number of aromatic nitrogens is 1. The van der Waals surface area contributed by atoms with Crippen LogP contribution in [0.25, 0.3) is 10.9 Å². The molecule has 7 N–H and O–H groups in total. The van der Waals surface area contributed by atoms with Crippen molar-refractivity contribution in [3.05, 3.63) is 71.4 Å². The minimum atomic E-state index is -3.20. The SMILES string of the molecule is Cc1ccc(CCCC(=O)NCCC(F)C[C@H](NC(=O)CN2CCN(CC(=O)O)CCN(CC(=O)O)CCN(CC(=O)O)CC2)C(=O)NC(=O)C(C)(C)CC(C)(C)C(=O)N2CCN(CCCCOc3ccc4nccc(C(=O)NCC(=O)N5CC(F)(F)C[C@@H]5C#N)c4c3)CC2)cc1. The maximum Gasteiger partial charge on any atom is 0.317 e. The van der Waals surface area contributed by atoms with Crippen molar-refractivity contribution in [2.45, 2.75) is 117 Å². The molecule has 3 aromatic rings. The fraction of sp³-hybridized carbons (Fsp3) is 0.612. The number of amides is 7. The molecule has 30 heteroatoms. The van der Waals surface area contributed by atoms with Gasteiger partial charge in [-0.15, -0.1) is 0 Å². The molecule has 1 aromatic heterocycles. The topological polar surface area (TPSA) is 348 Å². The Labute approximate surface area is 563 Å². The van der Waals surface area contributed by atoms with Crippen LogP contribution in [0.2, 0.25) is 0 Å². The van der Waals surface area contributed by atoms with Crippen LogP contribution in [0.15, 0.2) is 54.7 Å². The second kappa shape index (κ2) is 36.8. The van der Waals surface area contributed by atoms with Gasteiger partial charge in [0.1, 0.15) is 24.0 Å². The number of nitrogens with zero attached hydrogens (tertiary/aromatic N) is 9. The lowest BCUT2D eigenvalue weighted by Crippen LogP contribution is -2.55. The Hall–Kier alpha value is -8.37. The summed E-state index contributed by atoms with van der Waals surface area (Å²) in [5, 5.41) is 48.8. The van der Waals surface area contributed by atoms with Crippen LogP contribution in [0.5, 0.6) is 5.75 Å². The van der Waals surface area contributed by atoms with Crippen molar-refractivity contribution in [1.82, 2.24) is 60.6 Å². The number of likely N-dealkylation sites (tertiary alicyclic amines) is 1. The number of rotatable bonds is 32. The van der Waals surface area contributed by atoms with Crippen molar-refractivity contribution in [1.29, 1.82) is 5.26 Å². The Balaban J connectivity index is 1.01. The second-order valence-corrected chi connectivity index (χ2v) is 26.6. The number of pyridine rings is 1. The minimum Gasteiger partial charge on any atom is -0.494 e. The predicted molar refractivity (Wildman–Crippen MR) is 350 cm³/mol. The highest BCUT2D eigenvalue weighted by atomic mass is 19.3. The number of nitrogens with one attached hydrogen (secondary N) is 4. The van der Waals surface area contributed by atoms with Gasteiger partial charge >= 0.3 is 17.9 Å². The number of unbranched alkanes of at least 4 members (excludes halogenated alkanes) is 1. The quantitative estimate of drug-likeness (QED) is 0.0442. The first-order valence-corrected chi connectivity index (χ1v) is 32.9. The van der Waals surface area contributed by atoms with Crippen LogP contribution >= 0.6 is 0 Å². The first-order valence-electron chi connectivity index (χ1n) is 32.9. The highest BCUT2D eigenvalue weighted by Crippen LogP contribution is 2.36. The minimum absolute atomic E-state index is 0.0195. The average molecular weight is 1360 g/mol. The van der Waals surface area contributed by atoms with E-state index in [0.29, 0.717) is 75.2 Å². The molecule has 0 spiro atoms. The van der Waals surface area contributed by atoms with Crippen molar-refractivity contribution in [2.24, 2.45) is 10.8 Å². The smallest absolute Gasteiger partial charge is 0.317 e. The van der Waals surface area contributed by atoms with E-state index in [0.717, 1.165) is 22.4 Å². The number of hydrogen-bond donors (Lipinski definition) is 7. The van der Waals surface area contributed by atoms with E-state index in [1.54, 1.807) is 76.5 Å². The molecule has 7 amide bonds. The highest BCUT2D eigenvalue weighted by molar-refractivity contribution is 6.07. The molecule has 3 saturated heterocycles. The number of carbonyl (C=O) groups excluding carboxylic acids is 7. The number of aryl methyl sites for hydroxylation is 2. The number of piperazine rings is 1. The fourth-order valence-electron chi connectivity index (χ4n) is 12.3. The molecule has 3 fully saturated rings. The monoisotopic (exact) mass is 1360 g/mol. The number of benzene rings is 2. The normalized spacial score (nSPS) is 17.9. The molecule has 0 aliphatic carbocycles. The zero-order chi connectivity index (χ0) is 71.0. The summed E-state index contributed by atoms with van der Waals surface area (Å²) in [5.41, 5.74) is 0.359. The molecule has 3 aliphatic rings. The lowest BCUT2D eigenvalue weighted by atomic mass is 9.73. The molecule has 27 nitrogen and oxygen atoms in total. The van der Waals surface area contributed by atoms with Gasteiger partial charge in [-0.05, 0) is 81.8 Å². The van der Waals surface area contributed by atoms with Gasteiger partial charge in [0.25, 0.3) is 11.8 Å². The number of hydrogen-bond acceptors (Lipinski definition) is 18. The average Bonchev–Trinajstić information content (AvgIpc) is 1.80. The molecule has 0 saturated carbocycles. The predicted octanol–water partition coefficient (Wildman–Crippen LogP) is 2.64. The van der Waals surface area contributed by atoms with Crippen LogP contribution in [0.4, 0.5) is 13.2 Å². The van der Waals surface area contributed by atoms with E-state index in [9.17, 15) is 77.3 Å². The van der Waals surface area contributed by atoms with Crippen LogP contribution in [0.3, 0.4) is 0 Å². The Morgan fingerprint density at radius 2 is 1.30 bits per heavy atom. The third-order valence-electron chi connectivity index (χ3n) is 17.5. The molecule has 3 aliphatic heterocycles. The number of alkyl halides is 3. The number of ether oxygens (including phenoxy) is 1. The van der Waals surface area contributed by atoms with Crippen molar-refractivity contribution in [3.63, 3.8) is 0 Å². The van der Waals surface area contributed by atoms with Crippen molar-refractivity contribution in [2.75, 3.05) is 138 Å². The van der Waals surface area contributed by atoms with E-state index in [1.807, 2.05) is 31.2 Å². The summed E-state index contributed by atoms with van der Waals surface area (Å²) in [6.45, 7) is 9.29. The lowest BCUT2D eigenvalue weighted by Gasteiger charge is -2.40. The number of nitriles is 1. The number of imide groups is 1. The molecule has 532 valence electrons. The molecule has 2 aromatic carbocycles. The van der Waals surface area contributed by atoms with Crippen LogP contribution in [0.1, 0.15) is 101 Å². The zero-order valence-corrected chi connectivity index (χ0v) is 56.1. The molecule has 0 radical (unpaired) electrons. The van der Waals surface area contributed by atoms with Crippen LogP contribution < -0.4 is 26.0 Å². The maximum absolute atomic E-state index is 16.1. The summed E-state index contributed by atoms with van der Waals surface area (Å²) in [7, 11) is 0. The van der Waals surface area contributed by atoms with Crippen molar-refractivity contribution in [3.8, 4) is 11.8 Å². The van der Waals surface area contributed by atoms with Gasteiger partial charge in [0.05, 0.1) is 63.0 Å². The number of halogens is 3. The molecule has 97 heavy (non-hydrogen) atoms. The molecule has 1 unspecified atom stereocenters. The third-order valence-corrected chi connectivity index (χ3v) is 17.5. The van der Waals surface area contributed by atoms with Gasteiger partial charge < -0.3 is 45.8 Å². The summed E-state index contributed by atoms with van der Waals surface area (Å²) in [5.74, 6) is -10.6. The molecule has 0 bridgehead atoms. The van der Waals surface area contributed by atoms with Gasteiger partial charge in [-0.25, -0.2) is 13.2 Å². The van der Waals surface area contributed by atoms with Gasteiger partial charge in [0.2, 0.25) is 35.4 Å². The Morgan fingerprint density at radius 3 is 1.88 bits per heavy atom. The number of fused-ring (bicyclic) bond motifs is 1. The highest BCUT2D eigenvalue weighted by Gasteiger charge is 2.47. The number of carboxylic acids is 3. The summed E-state index contributed by atoms with van der Waals surface area (Å²) in [6.07, 6.45) is 0.851. The van der Waals surface area contributed by atoms with E-state index in [4.69, 9.17) is 4.74 Å². The Bertz CT molecular complexity index is 3240. The maximum atomic E-state index is 16.1. The van der Waals surface area contributed by atoms with Gasteiger partial charge in [0, 0.05) is 127 Å². The first-order chi connectivity index (χ1) is 45.9. The summed E-state index contributed by atoms with van der Waals surface area (Å²) >= 11 is 0. The van der Waals surface area contributed by atoms with Crippen LogP contribution in [-0.4, -0.2) is 276 Å². The van der Waals surface area contributed by atoms with Gasteiger partial charge in [-0.2, -0.15) is 5.26 Å². The number of carbonyl (C=O) groups is 10. The summed E-state index contributed by atoms with van der Waals surface area (Å²) < 4.78 is 50.0. The van der Waals surface area contributed by atoms with E-state index >= 15 is 4.39 Å². The van der Waals surface area contributed by atoms with E-state index in [-0.39, 0.29) is 102 Å². The number of carboxylic acid groups (broad SMARTS) is 3. The Kier molecular flexibility index (Phi) is 29.5. The molecule has 4 heterocycles. The fourth-order valence-corrected chi connectivity index (χ4v) is 12.3. The summed E-state index contributed by atoms with van der Waals surface area (Å²) in [6, 6.07) is 13.3. The van der Waals surface area contributed by atoms with Gasteiger partial charge in [-0.3, -0.25) is 82.7 Å². The molecule has 6 rings (SSSR count). The molecule has 3 atom stereocenters. The van der Waals surface area contributed by atoms with Crippen molar-refractivity contribution >= 4 is 70.2 Å². The van der Waals surface area contributed by atoms with Crippen molar-refractivity contribution < 1.29 is 81.2 Å². The zero-order valence-electron chi connectivity index (χ0n) is 56.1. The summed E-state index contributed by atoms with van der Waals surface area (Å²) in [4.78, 5) is 146. The third kappa shape index (κ3) is 25.9. The first kappa shape index (κ1) is 77.6. The van der Waals surface area contributed by atoms with Gasteiger partial charge in [0.15, 0.2) is 0 Å². The molecular weight excluding hydrogens is 1270 g/mol. The molecular formula is C67H94F3N13O14. The second-order valence-electron chi connectivity index (χ2n) is 26.6. The van der Waals surface area contributed by atoms with Crippen LogP contribution in [-0.2, 0) is 49.6 Å². The Morgan fingerprint density at radius 1 is 0.722 bits per heavy atom. The lowest BCUT2D eigenvalue weighted by molar-refractivity contribution is -0.146. The van der Waals surface area contributed by atoms with E-state index in [1.165, 1.54) is 12.3 Å². The van der Waals surface area contributed by atoms with E-state index < -0.39 is 128 Å².